The van der Waals surface area contributed by atoms with E-state index in [0.29, 0.717) is 5.88 Å². The van der Waals surface area contributed by atoms with Gasteiger partial charge in [0, 0.05) is 31.7 Å². The Balaban J connectivity index is 2.24. The number of hydrogen-bond donors (Lipinski definition) is 0. The standard InChI is InChI=1S/C14H22ClN3O/c1-3-13-12(10-17(2)16-13)14(19)18-8-6-4-5-7-11(18)9-15/h10-11H,3-9H2,1-2H3. The molecule has 19 heavy (non-hydrogen) atoms. The van der Waals surface area contributed by atoms with Crippen molar-refractivity contribution in [2.75, 3.05) is 12.4 Å². The Morgan fingerprint density at radius 2 is 2.26 bits per heavy atom. The number of rotatable bonds is 3. The fraction of sp³-hybridized carbons (Fsp3) is 0.714. The molecule has 2 rings (SSSR count). The van der Waals surface area contributed by atoms with Crippen molar-refractivity contribution in [2.24, 2.45) is 7.05 Å². The lowest BCUT2D eigenvalue weighted by atomic mass is 10.1. The number of amides is 1. The predicted molar refractivity (Wildman–Crippen MR) is 76.6 cm³/mol. The number of halogens is 1. The summed E-state index contributed by atoms with van der Waals surface area (Å²) in [6.07, 6.45) is 7.04. The van der Waals surface area contributed by atoms with Gasteiger partial charge in [0.25, 0.3) is 5.91 Å². The Labute approximate surface area is 119 Å². The van der Waals surface area contributed by atoms with Gasteiger partial charge in [-0.3, -0.25) is 9.48 Å². The molecule has 1 amide bonds. The van der Waals surface area contributed by atoms with E-state index in [-0.39, 0.29) is 11.9 Å². The molecule has 0 aromatic carbocycles. The molecule has 0 spiro atoms. The molecule has 1 saturated heterocycles. The number of aromatic nitrogens is 2. The molecule has 0 aliphatic carbocycles. The molecule has 1 aromatic rings. The van der Waals surface area contributed by atoms with Crippen LogP contribution in [0.5, 0.6) is 0 Å². The number of carbonyl (C=O) groups is 1. The van der Waals surface area contributed by atoms with E-state index in [9.17, 15) is 4.79 Å². The predicted octanol–water partition coefficient (Wildman–Crippen LogP) is 2.61. The zero-order chi connectivity index (χ0) is 13.8. The third-order valence-corrected chi connectivity index (χ3v) is 4.14. The van der Waals surface area contributed by atoms with Gasteiger partial charge in [-0.25, -0.2) is 0 Å². The number of alkyl halides is 1. The van der Waals surface area contributed by atoms with Gasteiger partial charge in [-0.15, -0.1) is 11.6 Å². The minimum atomic E-state index is 0.0949. The topological polar surface area (TPSA) is 38.1 Å². The Kier molecular flexibility index (Phi) is 4.86. The molecule has 1 aliphatic heterocycles. The third-order valence-electron chi connectivity index (χ3n) is 3.79. The highest BCUT2D eigenvalue weighted by molar-refractivity contribution is 6.18. The van der Waals surface area contributed by atoms with E-state index in [1.807, 2.05) is 25.1 Å². The normalized spacial score (nSPS) is 20.4. The molecular weight excluding hydrogens is 262 g/mol. The Morgan fingerprint density at radius 1 is 1.47 bits per heavy atom. The largest absolute Gasteiger partial charge is 0.334 e. The SMILES string of the molecule is CCc1nn(C)cc1C(=O)N1CCCCCC1CCl. The van der Waals surface area contributed by atoms with Gasteiger partial charge < -0.3 is 4.90 Å². The van der Waals surface area contributed by atoms with Gasteiger partial charge >= 0.3 is 0 Å². The zero-order valence-electron chi connectivity index (χ0n) is 11.7. The smallest absolute Gasteiger partial charge is 0.257 e. The maximum Gasteiger partial charge on any atom is 0.257 e. The maximum absolute atomic E-state index is 12.7. The number of hydrogen-bond acceptors (Lipinski definition) is 2. The van der Waals surface area contributed by atoms with Gasteiger partial charge in [0.15, 0.2) is 0 Å². The summed E-state index contributed by atoms with van der Waals surface area (Å²) in [5.74, 6) is 0.616. The van der Waals surface area contributed by atoms with Crippen LogP contribution >= 0.6 is 11.6 Å². The molecule has 2 heterocycles. The van der Waals surface area contributed by atoms with Crippen LogP contribution in [0.25, 0.3) is 0 Å². The molecule has 1 aromatic heterocycles. The second kappa shape index (κ2) is 6.42. The van der Waals surface area contributed by atoms with Crippen LogP contribution in [-0.4, -0.2) is 39.1 Å². The van der Waals surface area contributed by atoms with Crippen LogP contribution < -0.4 is 0 Å². The number of likely N-dealkylation sites (tertiary alicyclic amines) is 1. The maximum atomic E-state index is 12.7. The van der Waals surface area contributed by atoms with Crippen molar-refractivity contribution in [3.8, 4) is 0 Å². The van der Waals surface area contributed by atoms with Gasteiger partial charge in [-0.2, -0.15) is 5.10 Å². The van der Waals surface area contributed by atoms with Gasteiger partial charge in [-0.05, 0) is 19.3 Å². The summed E-state index contributed by atoms with van der Waals surface area (Å²) >= 11 is 6.04. The summed E-state index contributed by atoms with van der Waals surface area (Å²) in [5, 5.41) is 4.36. The van der Waals surface area contributed by atoms with Crippen LogP contribution in [0.15, 0.2) is 6.20 Å². The lowest BCUT2D eigenvalue weighted by molar-refractivity contribution is 0.0699. The van der Waals surface area contributed by atoms with Gasteiger partial charge in [0.05, 0.1) is 11.3 Å². The summed E-state index contributed by atoms with van der Waals surface area (Å²) in [5.41, 5.74) is 1.62. The molecular formula is C14H22ClN3O. The van der Waals surface area contributed by atoms with Crippen LogP contribution in [0, 0.1) is 0 Å². The van der Waals surface area contributed by atoms with Crippen LogP contribution in [0.1, 0.15) is 48.7 Å². The minimum absolute atomic E-state index is 0.0949. The first-order valence-electron chi connectivity index (χ1n) is 7.06. The van der Waals surface area contributed by atoms with Crippen LogP contribution in [0.3, 0.4) is 0 Å². The average molecular weight is 284 g/mol. The summed E-state index contributed by atoms with van der Waals surface area (Å²) in [4.78, 5) is 14.7. The molecule has 0 N–H and O–H groups in total. The fourth-order valence-corrected chi connectivity index (χ4v) is 3.06. The Morgan fingerprint density at radius 3 is 2.95 bits per heavy atom. The van der Waals surface area contributed by atoms with Gasteiger partial charge in [-0.1, -0.05) is 19.8 Å². The van der Waals surface area contributed by atoms with Crippen molar-refractivity contribution in [1.82, 2.24) is 14.7 Å². The van der Waals surface area contributed by atoms with Crippen LogP contribution in [-0.2, 0) is 13.5 Å². The van der Waals surface area contributed by atoms with E-state index >= 15 is 0 Å². The fourth-order valence-electron chi connectivity index (χ4n) is 2.73. The first-order valence-corrected chi connectivity index (χ1v) is 7.60. The molecule has 1 fully saturated rings. The second-order valence-electron chi connectivity index (χ2n) is 5.17. The average Bonchev–Trinajstić information content (AvgIpc) is 2.64. The van der Waals surface area contributed by atoms with Gasteiger partial charge in [0.2, 0.25) is 0 Å². The van der Waals surface area contributed by atoms with Crippen molar-refractivity contribution < 1.29 is 4.79 Å². The Bertz CT molecular complexity index is 444. The zero-order valence-corrected chi connectivity index (χ0v) is 12.5. The van der Waals surface area contributed by atoms with Crippen molar-refractivity contribution >= 4 is 17.5 Å². The van der Waals surface area contributed by atoms with E-state index in [1.165, 1.54) is 6.42 Å². The van der Waals surface area contributed by atoms with E-state index in [2.05, 4.69) is 5.10 Å². The molecule has 1 atom stereocenters. The van der Waals surface area contributed by atoms with Crippen LogP contribution in [0.2, 0.25) is 0 Å². The summed E-state index contributed by atoms with van der Waals surface area (Å²) in [6, 6.07) is 0.168. The quantitative estimate of drug-likeness (QED) is 0.800. The molecule has 5 heteroatoms. The van der Waals surface area contributed by atoms with Gasteiger partial charge in [0.1, 0.15) is 0 Å². The van der Waals surface area contributed by atoms with Crippen molar-refractivity contribution in [3.05, 3.63) is 17.5 Å². The highest BCUT2D eigenvalue weighted by atomic mass is 35.5. The number of nitrogens with zero attached hydrogens (tertiary/aromatic N) is 3. The highest BCUT2D eigenvalue weighted by Gasteiger charge is 2.27. The molecule has 0 bridgehead atoms. The third kappa shape index (κ3) is 3.11. The Hall–Kier alpha value is -1.03. The van der Waals surface area contributed by atoms with E-state index < -0.39 is 0 Å². The first kappa shape index (κ1) is 14.4. The highest BCUT2D eigenvalue weighted by Crippen LogP contribution is 2.21. The first-order chi connectivity index (χ1) is 9.17. The summed E-state index contributed by atoms with van der Waals surface area (Å²) < 4.78 is 1.72. The van der Waals surface area contributed by atoms with Crippen molar-refractivity contribution in [1.29, 1.82) is 0 Å². The van der Waals surface area contributed by atoms with Crippen LogP contribution in [0.4, 0.5) is 0 Å². The number of aryl methyl sites for hydroxylation is 2. The van der Waals surface area contributed by atoms with Crippen molar-refractivity contribution in [2.45, 2.75) is 45.1 Å². The second-order valence-corrected chi connectivity index (χ2v) is 5.48. The molecule has 4 nitrogen and oxygen atoms in total. The molecule has 106 valence electrons. The number of carbonyl (C=O) groups excluding carboxylic acids is 1. The minimum Gasteiger partial charge on any atom is -0.334 e. The van der Waals surface area contributed by atoms with E-state index in [4.69, 9.17) is 11.6 Å². The summed E-state index contributed by atoms with van der Waals surface area (Å²) in [6.45, 7) is 2.84. The lowest BCUT2D eigenvalue weighted by Gasteiger charge is -2.28. The molecule has 1 unspecified atom stereocenters. The molecule has 0 radical (unpaired) electrons. The molecule has 1 aliphatic rings. The monoisotopic (exact) mass is 283 g/mol. The summed E-state index contributed by atoms with van der Waals surface area (Å²) in [7, 11) is 1.86. The molecule has 0 saturated carbocycles. The van der Waals surface area contributed by atoms with E-state index in [1.54, 1.807) is 4.68 Å². The van der Waals surface area contributed by atoms with Crippen molar-refractivity contribution in [3.63, 3.8) is 0 Å². The lowest BCUT2D eigenvalue weighted by Crippen LogP contribution is -2.41. The van der Waals surface area contributed by atoms with E-state index in [0.717, 1.165) is 43.5 Å².